The molecule has 0 spiro atoms. The van der Waals surface area contributed by atoms with E-state index in [4.69, 9.17) is 31.3 Å². The summed E-state index contributed by atoms with van der Waals surface area (Å²) in [5, 5.41) is 23.4. The van der Waals surface area contributed by atoms with Crippen LogP contribution in [0.15, 0.2) is 0 Å². The van der Waals surface area contributed by atoms with Crippen molar-refractivity contribution in [3.05, 3.63) is 0 Å². The summed E-state index contributed by atoms with van der Waals surface area (Å²) in [6.45, 7) is 3.40. The fourth-order valence-corrected chi connectivity index (χ4v) is 6.39. The Bertz CT molecular complexity index is 1230. The van der Waals surface area contributed by atoms with E-state index < -0.39 is 23.9 Å². The Morgan fingerprint density at radius 3 is 1.61 bits per heavy atom. The highest BCUT2D eigenvalue weighted by Crippen LogP contribution is 2.14. The van der Waals surface area contributed by atoms with Gasteiger partial charge in [-0.05, 0) is 38.5 Å². The first-order chi connectivity index (χ1) is 29.8. The van der Waals surface area contributed by atoms with E-state index >= 15 is 0 Å². The predicted octanol–water partition coefficient (Wildman–Crippen LogP) is 5.59. The molecule has 356 valence electrons. The molecule has 0 aromatic heterocycles. The van der Waals surface area contributed by atoms with Crippen LogP contribution < -0.4 is 21.9 Å². The van der Waals surface area contributed by atoms with E-state index in [1.807, 2.05) is 0 Å². The van der Waals surface area contributed by atoms with Crippen LogP contribution in [0.4, 0.5) is 0 Å². The van der Waals surface area contributed by atoms with Crippen LogP contribution >= 0.6 is 0 Å². The number of carboxylic acids is 2. The van der Waals surface area contributed by atoms with Crippen molar-refractivity contribution >= 4 is 41.2 Å². The quantitative estimate of drug-likeness (QED) is 0.0189. The van der Waals surface area contributed by atoms with Crippen molar-refractivity contribution in [3.8, 4) is 0 Å². The Morgan fingerprint density at radius 2 is 1.03 bits per heavy atom. The number of hydrogen-bond donors (Lipinski definition) is 6. The molecule has 17 nitrogen and oxygen atoms in total. The van der Waals surface area contributed by atoms with Crippen LogP contribution in [0.25, 0.3) is 0 Å². The smallest absolute Gasteiger partial charge is 0.326 e. The van der Waals surface area contributed by atoms with Gasteiger partial charge < -0.3 is 39.8 Å². The van der Waals surface area contributed by atoms with Crippen LogP contribution in [-0.4, -0.2) is 117 Å². The average molecular weight is 877 g/mol. The number of hydrazine groups is 1. The van der Waals surface area contributed by atoms with Gasteiger partial charge >= 0.3 is 11.9 Å². The van der Waals surface area contributed by atoms with Crippen molar-refractivity contribution in [1.82, 2.24) is 16.1 Å². The molecule has 0 aromatic carbocycles. The van der Waals surface area contributed by atoms with Gasteiger partial charge in [-0.2, -0.15) is 0 Å². The van der Waals surface area contributed by atoms with E-state index in [-0.39, 0.29) is 116 Å². The van der Waals surface area contributed by atoms with Crippen molar-refractivity contribution in [3.63, 3.8) is 0 Å². The normalized spacial score (nSPS) is 12.3. The molecule has 7 N–H and O–H groups in total. The van der Waals surface area contributed by atoms with E-state index in [1.54, 1.807) is 6.92 Å². The summed E-state index contributed by atoms with van der Waals surface area (Å²) in [5.41, 5.74) is 0.354. The van der Waals surface area contributed by atoms with Crippen LogP contribution in [0, 0.1) is 5.92 Å². The number of nitrogens with one attached hydrogen (secondary N) is 3. The lowest BCUT2D eigenvalue weighted by molar-refractivity contribution is -0.142. The van der Waals surface area contributed by atoms with Gasteiger partial charge in [-0.15, -0.1) is 0 Å². The molecule has 0 radical (unpaired) electrons. The highest BCUT2D eigenvalue weighted by Gasteiger charge is 2.21. The SMILES string of the molecule is [3H]N(N)C(=O)[C@@H](C)CCCCCC(=O)COCCOCCNC(=O)COCCOCCCC(=O)CC[C@H](NC(=O)CCCCCCCCCCCCCCCCC(=O)O)C(=O)O.[HH]. The lowest BCUT2D eigenvalue weighted by Gasteiger charge is -2.14. The third kappa shape index (κ3) is 40.3. The number of amides is 3. The minimum Gasteiger partial charge on any atom is -0.481 e. The number of ketones is 2. The van der Waals surface area contributed by atoms with Crippen LogP contribution in [0.2, 0.25) is 1.41 Å². The number of rotatable bonds is 46. The number of ether oxygens (including phenoxy) is 4. The molecule has 0 aliphatic rings. The van der Waals surface area contributed by atoms with Crippen LogP contribution in [-0.2, 0) is 52.5 Å². The first-order valence-electron chi connectivity index (χ1n) is 23.2. The van der Waals surface area contributed by atoms with E-state index in [0.29, 0.717) is 44.1 Å². The molecular weight excluding hydrogens is 792 g/mol. The van der Waals surface area contributed by atoms with Gasteiger partial charge in [-0.25, -0.2) is 10.6 Å². The van der Waals surface area contributed by atoms with Gasteiger partial charge in [-0.1, -0.05) is 96.8 Å². The largest absolute Gasteiger partial charge is 0.481 e. The second-order valence-corrected chi connectivity index (χ2v) is 15.7. The van der Waals surface area contributed by atoms with Crippen molar-refractivity contribution in [2.45, 2.75) is 173 Å². The minimum atomic E-state index is -1.16. The summed E-state index contributed by atoms with van der Waals surface area (Å²) in [6, 6.07) is -1.10. The molecule has 0 rings (SSSR count). The van der Waals surface area contributed by atoms with Crippen LogP contribution in [0.5, 0.6) is 0 Å². The molecule has 0 saturated heterocycles. The number of carbonyl (C=O) groups is 7. The Balaban J connectivity index is 0. The number of nitrogens with two attached hydrogens (primary N) is 1. The summed E-state index contributed by atoms with van der Waals surface area (Å²) in [7, 11) is 0. The molecule has 0 aliphatic carbocycles. The molecule has 3 amide bonds. The van der Waals surface area contributed by atoms with Crippen molar-refractivity contribution < 1.29 is 65.6 Å². The minimum absolute atomic E-state index is 0. The van der Waals surface area contributed by atoms with E-state index in [0.717, 1.165) is 51.4 Å². The Morgan fingerprint density at radius 1 is 0.541 bits per heavy atom. The predicted molar refractivity (Wildman–Crippen MR) is 233 cm³/mol. The van der Waals surface area contributed by atoms with Gasteiger partial charge in [0.25, 0.3) is 0 Å². The molecule has 61 heavy (non-hydrogen) atoms. The zero-order chi connectivity index (χ0) is 46.1. The molecular formula is C44H82N4O13. The lowest BCUT2D eigenvalue weighted by atomic mass is 10.0. The molecule has 17 heteroatoms. The Kier molecular flexibility index (Phi) is 38.1. The second kappa shape index (κ2) is 41.8. The third-order valence-electron chi connectivity index (χ3n) is 10.1. The maximum absolute atomic E-state index is 12.3. The molecule has 2 atom stereocenters. The van der Waals surface area contributed by atoms with Crippen molar-refractivity contribution in [2.24, 2.45) is 11.8 Å². The maximum Gasteiger partial charge on any atom is 0.326 e. The highest BCUT2D eigenvalue weighted by atomic mass is 16.5. The van der Waals surface area contributed by atoms with Gasteiger partial charge in [0.1, 0.15) is 25.0 Å². The molecule has 0 unspecified atom stereocenters. The molecule has 0 aromatic rings. The first-order valence-corrected chi connectivity index (χ1v) is 22.8. The number of hydrogen-bond acceptors (Lipinski definition) is 12. The summed E-state index contributed by atoms with van der Waals surface area (Å²) in [5.74, 6) is 1.77. The van der Waals surface area contributed by atoms with Gasteiger partial charge in [0.15, 0.2) is 7.20 Å². The molecule has 0 bridgehead atoms. The summed E-state index contributed by atoms with van der Waals surface area (Å²) < 4.78 is 28.6. The topological polar surface area (TPSA) is 259 Å². The highest BCUT2D eigenvalue weighted by molar-refractivity contribution is 5.84. The number of aliphatic carboxylic acids is 2. The molecule has 0 saturated carbocycles. The van der Waals surface area contributed by atoms with Crippen molar-refractivity contribution in [2.75, 3.05) is 59.4 Å². The monoisotopic (exact) mass is 877 g/mol. The number of Topliss-reactive ketones (excluding diaryl/α,β-unsaturated/α-hetero) is 2. The fraction of sp³-hybridized carbons (Fsp3) is 0.841. The van der Waals surface area contributed by atoms with Crippen molar-refractivity contribution in [1.29, 1.82) is 0 Å². The van der Waals surface area contributed by atoms with Crippen LogP contribution in [0.1, 0.15) is 169 Å². The van der Waals surface area contributed by atoms with E-state index in [9.17, 15) is 38.7 Å². The van der Waals surface area contributed by atoms with E-state index in [2.05, 4.69) is 10.6 Å². The second-order valence-electron chi connectivity index (χ2n) is 15.7. The van der Waals surface area contributed by atoms with Crippen LogP contribution in [0.3, 0.4) is 0 Å². The maximum atomic E-state index is 12.3. The van der Waals surface area contributed by atoms with Gasteiger partial charge in [0.05, 0.1) is 33.0 Å². The van der Waals surface area contributed by atoms with Gasteiger partial charge in [0.2, 0.25) is 17.7 Å². The fourth-order valence-electron chi connectivity index (χ4n) is 6.39. The van der Waals surface area contributed by atoms with Gasteiger partial charge in [0, 0.05) is 52.6 Å². The first kappa shape index (κ1) is 55.5. The molecule has 0 aliphatic heterocycles. The number of carbonyl (C=O) groups excluding carboxylic acids is 5. The van der Waals surface area contributed by atoms with Gasteiger partial charge in [-0.3, -0.25) is 34.2 Å². The summed E-state index contributed by atoms with van der Waals surface area (Å²) >= 11 is 0. The lowest BCUT2D eigenvalue weighted by Crippen LogP contribution is -2.41. The number of unbranched alkanes of at least 4 members (excludes halogenated alkanes) is 15. The molecule has 0 fully saturated rings. The number of carboxylic acid groups (broad SMARTS) is 2. The summed E-state index contributed by atoms with van der Waals surface area (Å²) in [4.78, 5) is 82.3. The Labute approximate surface area is 367 Å². The third-order valence-corrected chi connectivity index (χ3v) is 10.1. The average Bonchev–Trinajstić information content (AvgIpc) is 3.23. The summed E-state index contributed by atoms with van der Waals surface area (Å²) in [6.07, 6.45) is 19.7. The zero-order valence-electron chi connectivity index (χ0n) is 38.1. The Hall–Kier alpha value is -3.51. The standard InChI is InChI=1S/C44H80N4O13.H2/c1-36(43(55)48-45)20-15-14-16-21-38(50)34-60-32-31-59-29-27-46-41(52)35-61-33-30-58-28-19-22-37(49)25-26-39(44(56)57)47-40(51)23-17-12-10-8-6-4-2-3-5-7-9-11-13-18-24-42(53)54;/h36,39H,2-35,45H2,1H3,(H,46,52)(H,47,51)(H,48,55)(H,53,54)(H,56,57);1H/t36-,39-;/m0./s1/i/hT. The van der Waals surface area contributed by atoms with E-state index in [1.165, 1.54) is 44.9 Å². The zero-order valence-corrected chi connectivity index (χ0v) is 37.1. The molecule has 0 heterocycles.